The van der Waals surface area contributed by atoms with Crippen LogP contribution in [0.5, 0.6) is 17.2 Å². The van der Waals surface area contributed by atoms with Gasteiger partial charge in [-0.3, -0.25) is 14.9 Å². The molecule has 2 N–H and O–H groups in total. The lowest BCUT2D eigenvalue weighted by Gasteiger charge is -2.27. The summed E-state index contributed by atoms with van der Waals surface area (Å²) in [4.78, 5) is 19.6. The Labute approximate surface area is 208 Å². The van der Waals surface area contributed by atoms with Gasteiger partial charge in [0.05, 0.1) is 12.6 Å². The van der Waals surface area contributed by atoms with E-state index in [9.17, 15) is 9.90 Å². The summed E-state index contributed by atoms with van der Waals surface area (Å²) in [5.74, 6) is 1.08. The zero-order valence-electron chi connectivity index (χ0n) is 19.8. The van der Waals surface area contributed by atoms with E-state index in [-0.39, 0.29) is 11.7 Å². The molecule has 1 amide bonds. The Morgan fingerprint density at radius 2 is 2.00 bits per heavy atom. The number of hydrogen-bond donors (Lipinski definition) is 2. The lowest BCUT2D eigenvalue weighted by atomic mass is 9.95. The highest BCUT2D eigenvalue weighted by Crippen LogP contribution is 2.46. The van der Waals surface area contributed by atoms with Gasteiger partial charge in [0.1, 0.15) is 23.7 Å². The SMILES string of the molecule is C=CCOc1ccc([C@H]2c3c(-c4ccccc4O)n[nH]c3C(=O)N2Cc2cccnc2)cc1OCC. The number of carbonyl (C=O) groups excluding carboxylic acids is 1. The Morgan fingerprint density at radius 1 is 1.14 bits per heavy atom. The summed E-state index contributed by atoms with van der Waals surface area (Å²) in [5, 5.41) is 17.9. The van der Waals surface area contributed by atoms with Crippen molar-refractivity contribution >= 4 is 5.91 Å². The largest absolute Gasteiger partial charge is 0.507 e. The van der Waals surface area contributed by atoms with Gasteiger partial charge in [0.2, 0.25) is 0 Å². The summed E-state index contributed by atoms with van der Waals surface area (Å²) < 4.78 is 11.7. The fourth-order valence-electron chi connectivity index (χ4n) is 4.50. The first kappa shape index (κ1) is 23.2. The van der Waals surface area contributed by atoms with Gasteiger partial charge in [-0.05, 0) is 48.4 Å². The Hall–Kier alpha value is -4.59. The highest BCUT2D eigenvalue weighted by atomic mass is 16.5. The first-order valence-electron chi connectivity index (χ1n) is 11.7. The Bertz CT molecular complexity index is 1400. The molecule has 182 valence electrons. The Morgan fingerprint density at radius 3 is 2.75 bits per heavy atom. The van der Waals surface area contributed by atoms with Crippen LogP contribution in [0.4, 0.5) is 0 Å². The predicted octanol–water partition coefficient (Wildman–Crippen LogP) is 4.89. The molecule has 0 spiro atoms. The van der Waals surface area contributed by atoms with E-state index in [0.29, 0.717) is 53.8 Å². The number of nitrogens with one attached hydrogen (secondary N) is 1. The maximum Gasteiger partial charge on any atom is 0.273 e. The summed E-state index contributed by atoms with van der Waals surface area (Å²) in [7, 11) is 0. The van der Waals surface area contributed by atoms with E-state index in [2.05, 4.69) is 21.8 Å². The number of carbonyl (C=O) groups is 1. The number of aromatic amines is 1. The lowest BCUT2D eigenvalue weighted by molar-refractivity contribution is 0.0729. The molecule has 2 aromatic carbocycles. The second-order valence-electron chi connectivity index (χ2n) is 8.31. The van der Waals surface area contributed by atoms with E-state index in [1.54, 1.807) is 41.6 Å². The number of aromatic nitrogens is 3. The number of H-pyrrole nitrogens is 1. The number of para-hydroxylation sites is 1. The molecule has 0 radical (unpaired) electrons. The minimum absolute atomic E-state index is 0.0897. The quantitative estimate of drug-likeness (QED) is 0.330. The third-order valence-corrected chi connectivity index (χ3v) is 6.04. The van der Waals surface area contributed by atoms with Crippen LogP contribution in [0.1, 0.15) is 40.1 Å². The third-order valence-electron chi connectivity index (χ3n) is 6.04. The van der Waals surface area contributed by atoms with Crippen LogP contribution in [0.3, 0.4) is 0 Å². The monoisotopic (exact) mass is 482 g/mol. The maximum atomic E-state index is 13.6. The van der Waals surface area contributed by atoms with E-state index in [0.717, 1.165) is 11.1 Å². The van der Waals surface area contributed by atoms with Crippen LogP contribution in [-0.2, 0) is 6.54 Å². The van der Waals surface area contributed by atoms with E-state index in [1.165, 1.54) is 0 Å². The molecule has 4 aromatic rings. The number of amides is 1. The van der Waals surface area contributed by atoms with Gasteiger partial charge in [0, 0.05) is 30.1 Å². The normalized spacial score (nSPS) is 14.5. The van der Waals surface area contributed by atoms with Crippen LogP contribution < -0.4 is 9.47 Å². The molecule has 0 bridgehead atoms. The highest BCUT2D eigenvalue weighted by Gasteiger charge is 2.42. The Balaban J connectivity index is 1.65. The number of hydrogen-bond acceptors (Lipinski definition) is 6. The number of pyridine rings is 1. The second kappa shape index (κ2) is 9.95. The highest BCUT2D eigenvalue weighted by molar-refractivity contribution is 6.00. The first-order valence-corrected chi connectivity index (χ1v) is 11.7. The fourth-order valence-corrected chi connectivity index (χ4v) is 4.50. The molecule has 0 aliphatic carbocycles. The van der Waals surface area contributed by atoms with Crippen LogP contribution in [0, 0.1) is 0 Å². The van der Waals surface area contributed by atoms with Crippen LogP contribution in [0.15, 0.2) is 79.6 Å². The van der Waals surface area contributed by atoms with Gasteiger partial charge in [0.15, 0.2) is 11.5 Å². The van der Waals surface area contributed by atoms with Crippen LogP contribution in [0.25, 0.3) is 11.3 Å². The number of fused-ring (bicyclic) bond motifs is 1. The molecule has 0 saturated heterocycles. The smallest absolute Gasteiger partial charge is 0.273 e. The first-order chi connectivity index (χ1) is 17.6. The van der Waals surface area contributed by atoms with E-state index in [4.69, 9.17) is 9.47 Å². The molecule has 2 aromatic heterocycles. The van der Waals surface area contributed by atoms with Gasteiger partial charge >= 0.3 is 0 Å². The molecule has 5 rings (SSSR count). The van der Waals surface area contributed by atoms with Crippen molar-refractivity contribution in [3.05, 3.63) is 102 Å². The summed E-state index contributed by atoms with van der Waals surface area (Å²) >= 11 is 0. The van der Waals surface area contributed by atoms with Gasteiger partial charge in [-0.15, -0.1) is 0 Å². The minimum atomic E-state index is -0.478. The minimum Gasteiger partial charge on any atom is -0.507 e. The van der Waals surface area contributed by atoms with Crippen molar-refractivity contribution in [1.29, 1.82) is 0 Å². The third kappa shape index (κ3) is 4.17. The average Bonchev–Trinajstić information content (AvgIpc) is 3.43. The summed E-state index contributed by atoms with van der Waals surface area (Å²) in [6.45, 7) is 6.76. The molecule has 0 fully saturated rings. The molecular weight excluding hydrogens is 456 g/mol. The number of nitrogens with zero attached hydrogens (tertiary/aromatic N) is 3. The summed E-state index contributed by atoms with van der Waals surface area (Å²) in [6, 6.07) is 15.9. The predicted molar refractivity (Wildman–Crippen MR) is 135 cm³/mol. The van der Waals surface area contributed by atoms with Gasteiger partial charge in [0.25, 0.3) is 5.91 Å². The van der Waals surface area contributed by atoms with Crippen molar-refractivity contribution in [3.8, 4) is 28.5 Å². The molecule has 8 heteroatoms. The number of benzene rings is 2. The zero-order chi connectivity index (χ0) is 25.1. The fraction of sp³-hybridized carbons (Fsp3) is 0.179. The van der Waals surface area contributed by atoms with Crippen LogP contribution >= 0.6 is 0 Å². The number of aromatic hydroxyl groups is 1. The zero-order valence-corrected chi connectivity index (χ0v) is 19.8. The van der Waals surface area contributed by atoms with Crippen molar-refractivity contribution in [2.75, 3.05) is 13.2 Å². The number of rotatable bonds is 9. The van der Waals surface area contributed by atoms with Crippen molar-refractivity contribution in [2.45, 2.75) is 19.5 Å². The topological polar surface area (TPSA) is 101 Å². The van der Waals surface area contributed by atoms with E-state index >= 15 is 0 Å². The standard InChI is InChI=1S/C28H26N4O4/c1-3-14-36-22-12-11-19(15-23(22)35-4-2)27-24-25(20-9-5-6-10-21(20)33)30-31-26(24)28(34)32(27)17-18-8-7-13-29-16-18/h3,5-13,15-16,27,33H,1,4,14,17H2,2H3,(H,30,31)/t27-/m0/s1. The maximum absolute atomic E-state index is 13.6. The molecule has 36 heavy (non-hydrogen) atoms. The van der Waals surface area contributed by atoms with Crippen molar-refractivity contribution in [2.24, 2.45) is 0 Å². The molecular formula is C28H26N4O4. The molecule has 1 atom stereocenters. The molecule has 1 aliphatic rings. The van der Waals surface area contributed by atoms with Crippen molar-refractivity contribution in [3.63, 3.8) is 0 Å². The average molecular weight is 483 g/mol. The molecule has 8 nitrogen and oxygen atoms in total. The van der Waals surface area contributed by atoms with Gasteiger partial charge in [-0.2, -0.15) is 5.10 Å². The molecule has 0 saturated carbocycles. The second-order valence-corrected chi connectivity index (χ2v) is 8.31. The van der Waals surface area contributed by atoms with Crippen molar-refractivity contribution in [1.82, 2.24) is 20.1 Å². The van der Waals surface area contributed by atoms with E-state index < -0.39 is 6.04 Å². The molecule has 1 aliphatic heterocycles. The molecule has 3 heterocycles. The lowest BCUT2D eigenvalue weighted by Crippen LogP contribution is -2.29. The number of phenolic OH excluding ortho intramolecular Hbond substituents is 1. The van der Waals surface area contributed by atoms with Gasteiger partial charge in [-0.25, -0.2) is 0 Å². The summed E-state index contributed by atoms with van der Waals surface area (Å²) in [5.41, 5.74) is 3.90. The molecule has 0 unspecified atom stereocenters. The van der Waals surface area contributed by atoms with Crippen molar-refractivity contribution < 1.29 is 19.4 Å². The Kier molecular flexibility index (Phi) is 6.40. The number of ether oxygens (including phenoxy) is 2. The van der Waals surface area contributed by atoms with Gasteiger partial charge < -0.3 is 19.5 Å². The van der Waals surface area contributed by atoms with Gasteiger partial charge in [-0.1, -0.05) is 36.9 Å². The summed E-state index contributed by atoms with van der Waals surface area (Å²) in [6.07, 6.45) is 5.12. The van der Waals surface area contributed by atoms with Crippen LogP contribution in [-0.4, -0.2) is 44.3 Å². The van der Waals surface area contributed by atoms with Crippen LogP contribution in [0.2, 0.25) is 0 Å². The number of phenols is 1. The van der Waals surface area contributed by atoms with E-state index in [1.807, 2.05) is 43.3 Å².